The van der Waals surface area contributed by atoms with Gasteiger partial charge < -0.3 is 9.73 Å². The number of carbonyl (C=O) groups is 2. The van der Waals surface area contributed by atoms with Crippen molar-refractivity contribution in [2.45, 2.75) is 31.7 Å². The molecule has 1 N–H and O–H groups in total. The van der Waals surface area contributed by atoms with Crippen molar-refractivity contribution in [3.8, 4) is 0 Å². The average Bonchev–Trinajstić information content (AvgIpc) is 3.39. The van der Waals surface area contributed by atoms with E-state index in [1.165, 1.54) is 0 Å². The van der Waals surface area contributed by atoms with Crippen LogP contribution in [-0.2, 0) is 9.59 Å². The van der Waals surface area contributed by atoms with Gasteiger partial charge in [0.2, 0.25) is 5.91 Å². The minimum atomic E-state index is -0.427. The Kier molecular flexibility index (Phi) is 4.36. The number of allylic oxidation sites excluding steroid dienone is 1. The van der Waals surface area contributed by atoms with Crippen LogP contribution in [0.2, 0.25) is 0 Å². The molecule has 0 spiro atoms. The molecule has 1 aliphatic carbocycles. The lowest BCUT2D eigenvalue weighted by Gasteiger charge is -2.33. The van der Waals surface area contributed by atoms with E-state index >= 15 is 0 Å². The molecule has 0 radical (unpaired) electrons. The summed E-state index contributed by atoms with van der Waals surface area (Å²) in [6, 6.07) is 15.0. The highest BCUT2D eigenvalue weighted by molar-refractivity contribution is 7.10. The predicted octanol–water partition coefficient (Wildman–Crippen LogP) is 5.26. The Morgan fingerprint density at radius 1 is 1.14 bits per heavy atom. The Balaban J connectivity index is 1.71. The molecule has 29 heavy (non-hydrogen) atoms. The molecule has 1 amide bonds. The first kappa shape index (κ1) is 17.9. The van der Waals surface area contributed by atoms with Crippen molar-refractivity contribution in [3.05, 3.63) is 82.1 Å². The Bertz CT molecular complexity index is 1100. The smallest absolute Gasteiger partial charge is 0.224 e. The summed E-state index contributed by atoms with van der Waals surface area (Å²) < 4.78 is 5.60. The first-order valence-electron chi connectivity index (χ1n) is 9.62. The molecule has 0 unspecified atom stereocenters. The van der Waals surface area contributed by atoms with Gasteiger partial charge in [-0.05, 0) is 42.1 Å². The van der Waals surface area contributed by atoms with Gasteiger partial charge in [0, 0.05) is 35.4 Å². The molecule has 0 saturated carbocycles. The fourth-order valence-corrected chi connectivity index (χ4v) is 5.20. The third-order valence-electron chi connectivity index (χ3n) is 5.59. The Morgan fingerprint density at radius 3 is 2.72 bits per heavy atom. The number of fused-ring (bicyclic) bond motifs is 1. The summed E-state index contributed by atoms with van der Waals surface area (Å²) in [6.45, 7) is 1.56. The van der Waals surface area contributed by atoms with E-state index in [9.17, 15) is 9.59 Å². The number of carbonyl (C=O) groups excluding carboxylic acids is 2. The quantitative estimate of drug-likeness (QED) is 0.633. The molecule has 0 saturated heterocycles. The van der Waals surface area contributed by atoms with Crippen LogP contribution in [0.5, 0.6) is 0 Å². The SMILES string of the molecule is CC(=O)N1c2ccccc2NC2=C(C(=O)C[C@@H](c3ccco3)C2)[C@@H]1c1cccs1. The van der Waals surface area contributed by atoms with Crippen molar-refractivity contribution >= 4 is 34.4 Å². The average molecular weight is 404 g/mol. The Morgan fingerprint density at radius 2 is 2.00 bits per heavy atom. The monoisotopic (exact) mass is 404 g/mol. The molecule has 2 atom stereocenters. The molecule has 3 heterocycles. The molecule has 6 heteroatoms. The van der Waals surface area contributed by atoms with Crippen LogP contribution < -0.4 is 10.2 Å². The van der Waals surface area contributed by atoms with Gasteiger partial charge in [-0.15, -0.1) is 11.3 Å². The summed E-state index contributed by atoms with van der Waals surface area (Å²) in [5.41, 5.74) is 3.18. The maximum absolute atomic E-state index is 13.4. The van der Waals surface area contributed by atoms with Crippen molar-refractivity contribution in [1.29, 1.82) is 0 Å². The number of nitrogens with zero attached hydrogens (tertiary/aromatic N) is 1. The number of thiophene rings is 1. The van der Waals surface area contributed by atoms with Gasteiger partial charge in [-0.1, -0.05) is 18.2 Å². The zero-order valence-corrected chi connectivity index (χ0v) is 16.7. The standard InChI is InChI=1S/C23H20N2O3S/c1-14(26)25-18-7-3-2-6-16(18)24-17-12-15(20-8-4-10-28-20)13-19(27)22(17)23(25)21-9-5-11-29-21/h2-11,15,23-24H,12-13H2,1H3/t15-,23-/m0/s1. The van der Waals surface area contributed by atoms with E-state index in [1.807, 2.05) is 53.9 Å². The normalized spacial score (nSPS) is 21.3. The number of Topliss-reactive ketones (excluding diaryl/α,β-unsaturated/α-hetero) is 1. The van der Waals surface area contributed by atoms with Crippen molar-refractivity contribution in [2.24, 2.45) is 0 Å². The number of benzene rings is 1. The highest BCUT2D eigenvalue weighted by Gasteiger charge is 2.41. The molecule has 5 rings (SSSR count). The summed E-state index contributed by atoms with van der Waals surface area (Å²) in [4.78, 5) is 29.0. The van der Waals surface area contributed by atoms with Gasteiger partial charge in [-0.25, -0.2) is 0 Å². The molecule has 0 bridgehead atoms. The van der Waals surface area contributed by atoms with Gasteiger partial charge in [-0.2, -0.15) is 0 Å². The maximum Gasteiger partial charge on any atom is 0.224 e. The molecule has 2 aliphatic rings. The van der Waals surface area contributed by atoms with Gasteiger partial charge in [0.1, 0.15) is 11.8 Å². The van der Waals surface area contributed by atoms with Crippen LogP contribution in [0.4, 0.5) is 11.4 Å². The van der Waals surface area contributed by atoms with Crippen molar-refractivity contribution in [1.82, 2.24) is 0 Å². The van der Waals surface area contributed by atoms with Crippen LogP contribution in [0.1, 0.15) is 42.4 Å². The summed E-state index contributed by atoms with van der Waals surface area (Å²) in [6.07, 6.45) is 2.68. The summed E-state index contributed by atoms with van der Waals surface area (Å²) >= 11 is 1.56. The second kappa shape index (κ2) is 7.04. The third-order valence-corrected chi connectivity index (χ3v) is 6.51. The first-order chi connectivity index (χ1) is 14.1. The zero-order chi connectivity index (χ0) is 20.0. The fraction of sp³-hybridized carbons (Fsp3) is 0.217. The van der Waals surface area contributed by atoms with E-state index in [2.05, 4.69) is 5.32 Å². The van der Waals surface area contributed by atoms with Gasteiger partial charge in [0.25, 0.3) is 0 Å². The van der Waals surface area contributed by atoms with Crippen LogP contribution in [0.25, 0.3) is 0 Å². The molecule has 146 valence electrons. The van der Waals surface area contributed by atoms with Crippen molar-refractivity contribution < 1.29 is 14.0 Å². The molecule has 1 aliphatic heterocycles. The van der Waals surface area contributed by atoms with Gasteiger partial charge in [0.15, 0.2) is 5.78 Å². The second-order valence-electron chi connectivity index (χ2n) is 7.39. The Labute approximate surface area is 172 Å². The second-order valence-corrected chi connectivity index (χ2v) is 8.36. The van der Waals surface area contributed by atoms with E-state index in [0.29, 0.717) is 18.4 Å². The van der Waals surface area contributed by atoms with E-state index < -0.39 is 6.04 Å². The van der Waals surface area contributed by atoms with Crippen LogP contribution in [0.3, 0.4) is 0 Å². The summed E-state index contributed by atoms with van der Waals surface area (Å²) in [7, 11) is 0. The largest absolute Gasteiger partial charge is 0.469 e. The molecule has 5 nitrogen and oxygen atoms in total. The lowest BCUT2D eigenvalue weighted by molar-refractivity contribution is -0.117. The number of nitrogens with one attached hydrogen (secondary N) is 1. The van der Waals surface area contributed by atoms with Crippen molar-refractivity contribution in [2.75, 3.05) is 10.2 Å². The molecular formula is C23H20N2O3S. The van der Waals surface area contributed by atoms with E-state index in [4.69, 9.17) is 4.42 Å². The first-order valence-corrected chi connectivity index (χ1v) is 10.5. The number of amides is 1. The van der Waals surface area contributed by atoms with E-state index in [1.54, 1.807) is 29.4 Å². The maximum atomic E-state index is 13.4. The molecular weight excluding hydrogens is 384 g/mol. The molecule has 3 aromatic rings. The topological polar surface area (TPSA) is 62.6 Å². The Hall–Kier alpha value is -3.12. The highest BCUT2D eigenvalue weighted by atomic mass is 32.1. The van der Waals surface area contributed by atoms with Crippen molar-refractivity contribution in [3.63, 3.8) is 0 Å². The number of para-hydroxylation sites is 2. The van der Waals surface area contributed by atoms with E-state index in [-0.39, 0.29) is 17.6 Å². The zero-order valence-electron chi connectivity index (χ0n) is 15.9. The number of ketones is 1. The molecule has 2 aromatic heterocycles. The van der Waals surface area contributed by atoms with E-state index in [0.717, 1.165) is 27.7 Å². The van der Waals surface area contributed by atoms with Crippen LogP contribution in [0.15, 0.2) is 75.9 Å². The lowest BCUT2D eigenvalue weighted by atomic mass is 9.81. The number of rotatable bonds is 2. The lowest BCUT2D eigenvalue weighted by Crippen LogP contribution is -2.36. The van der Waals surface area contributed by atoms with Gasteiger partial charge in [0.05, 0.1) is 17.6 Å². The van der Waals surface area contributed by atoms with Crippen LogP contribution in [0, 0.1) is 0 Å². The number of anilines is 2. The summed E-state index contributed by atoms with van der Waals surface area (Å²) in [5.74, 6) is 0.772. The minimum absolute atomic E-state index is 0.0104. The highest BCUT2D eigenvalue weighted by Crippen LogP contribution is 2.48. The molecule has 1 aromatic carbocycles. The van der Waals surface area contributed by atoms with Crippen LogP contribution in [-0.4, -0.2) is 11.7 Å². The van der Waals surface area contributed by atoms with Gasteiger partial charge in [-0.3, -0.25) is 14.5 Å². The molecule has 0 fully saturated rings. The third kappa shape index (κ3) is 3.00. The minimum Gasteiger partial charge on any atom is -0.469 e. The van der Waals surface area contributed by atoms with Crippen LogP contribution >= 0.6 is 11.3 Å². The van der Waals surface area contributed by atoms with Gasteiger partial charge >= 0.3 is 0 Å². The number of hydrogen-bond donors (Lipinski definition) is 1. The fourth-order valence-electron chi connectivity index (χ4n) is 4.38. The summed E-state index contributed by atoms with van der Waals surface area (Å²) in [5, 5.41) is 5.47. The predicted molar refractivity (Wildman–Crippen MR) is 113 cm³/mol. The number of hydrogen-bond acceptors (Lipinski definition) is 5. The number of furan rings is 1.